The van der Waals surface area contributed by atoms with Crippen molar-refractivity contribution in [2.75, 3.05) is 38.6 Å². The number of aromatic nitrogens is 3. The summed E-state index contributed by atoms with van der Waals surface area (Å²) in [7, 11) is -4.05. The summed E-state index contributed by atoms with van der Waals surface area (Å²) in [5, 5.41) is 41.2. The molecule has 43 heavy (non-hydrogen) atoms. The lowest BCUT2D eigenvalue weighted by molar-refractivity contribution is -0.153. The van der Waals surface area contributed by atoms with Crippen LogP contribution in [0.1, 0.15) is 53.3 Å². The molecule has 0 radical (unpaired) electrons. The van der Waals surface area contributed by atoms with Crippen molar-refractivity contribution < 1.29 is 43.1 Å². The fourth-order valence-corrected chi connectivity index (χ4v) is 5.35. The lowest BCUT2D eigenvalue weighted by Gasteiger charge is -2.28. The summed E-state index contributed by atoms with van der Waals surface area (Å²) < 4.78 is 37.0. The fourth-order valence-electron chi connectivity index (χ4n) is 3.92. The number of nitrogens with zero attached hydrogens (tertiary/aromatic N) is 4. The number of carbonyl (C=O) groups is 2. The Morgan fingerprint density at radius 3 is 2.19 bits per heavy atom. The molecule has 1 aliphatic rings. The molecule has 3 rings (SSSR count). The van der Waals surface area contributed by atoms with Crippen molar-refractivity contribution >= 4 is 30.9 Å². The Bertz CT molecular complexity index is 1360. The SMILES string of the molecule is CC(C)(C)C(=O)OCCNP(=O)(NCCOC(=O)C(C)(C)C)OC[C@@]1(C#N)O[C@@H](c2ccc3c(N)ncnn23)[C@H](O)[C@@H]1O. The Labute approximate surface area is 249 Å². The zero-order valence-corrected chi connectivity index (χ0v) is 26.0. The summed E-state index contributed by atoms with van der Waals surface area (Å²) in [5.74, 6) is -0.769. The lowest BCUT2D eigenvalue weighted by atomic mass is 9.96. The number of nitrogen functional groups attached to an aromatic ring is 1. The van der Waals surface area contributed by atoms with Crippen molar-refractivity contribution in [1.29, 1.82) is 5.26 Å². The smallest absolute Gasteiger partial charge is 0.341 e. The van der Waals surface area contributed by atoms with Gasteiger partial charge in [-0.15, -0.1) is 0 Å². The molecule has 16 nitrogen and oxygen atoms in total. The fraction of sp³-hybridized carbons (Fsp3) is 0.654. The van der Waals surface area contributed by atoms with Gasteiger partial charge < -0.3 is 34.7 Å². The van der Waals surface area contributed by atoms with Crippen LogP contribution in [0.5, 0.6) is 0 Å². The van der Waals surface area contributed by atoms with Crippen LogP contribution in [0.15, 0.2) is 18.5 Å². The third-order valence-corrected chi connectivity index (χ3v) is 8.21. The summed E-state index contributed by atoms with van der Waals surface area (Å²) >= 11 is 0. The summed E-state index contributed by atoms with van der Waals surface area (Å²) in [6.07, 6.45) is -3.40. The third-order valence-electron chi connectivity index (χ3n) is 6.44. The van der Waals surface area contributed by atoms with Crippen LogP contribution in [-0.2, 0) is 32.9 Å². The van der Waals surface area contributed by atoms with Crippen LogP contribution >= 0.6 is 7.67 Å². The van der Waals surface area contributed by atoms with Crippen LogP contribution < -0.4 is 15.9 Å². The monoisotopic (exact) mass is 625 g/mol. The number of carbonyl (C=O) groups excluding carboxylic acids is 2. The summed E-state index contributed by atoms with van der Waals surface area (Å²) in [6.45, 7) is 8.84. The predicted molar refractivity (Wildman–Crippen MR) is 152 cm³/mol. The first-order valence-electron chi connectivity index (χ1n) is 13.6. The largest absolute Gasteiger partial charge is 0.464 e. The number of rotatable bonds is 12. The second-order valence-corrected chi connectivity index (χ2v) is 14.1. The predicted octanol–water partition coefficient (Wildman–Crippen LogP) is 0.849. The lowest BCUT2D eigenvalue weighted by Crippen LogP contribution is -2.46. The van der Waals surface area contributed by atoms with Gasteiger partial charge in [-0.1, -0.05) is 0 Å². The summed E-state index contributed by atoms with van der Waals surface area (Å²) in [6, 6.07) is 4.99. The molecule has 17 heteroatoms. The number of aliphatic hydroxyl groups is 2. The third kappa shape index (κ3) is 8.07. The number of fused-ring (bicyclic) bond motifs is 1. The minimum atomic E-state index is -4.05. The van der Waals surface area contributed by atoms with Crippen LogP contribution in [0, 0.1) is 22.2 Å². The average Bonchev–Trinajstić information content (AvgIpc) is 3.47. The molecule has 3 heterocycles. The summed E-state index contributed by atoms with van der Waals surface area (Å²) in [5.41, 5.74) is 2.95. The van der Waals surface area contributed by atoms with E-state index in [-0.39, 0.29) is 37.8 Å². The van der Waals surface area contributed by atoms with Crippen LogP contribution in [0.4, 0.5) is 5.82 Å². The van der Waals surface area contributed by atoms with E-state index in [1.54, 1.807) is 53.7 Å². The van der Waals surface area contributed by atoms with Crippen molar-refractivity contribution in [2.24, 2.45) is 10.8 Å². The molecule has 238 valence electrons. The van der Waals surface area contributed by atoms with Crippen molar-refractivity contribution in [3.63, 3.8) is 0 Å². The second-order valence-electron chi connectivity index (χ2n) is 12.1. The van der Waals surface area contributed by atoms with E-state index in [4.69, 9.17) is 24.5 Å². The van der Waals surface area contributed by atoms with E-state index >= 15 is 0 Å². The van der Waals surface area contributed by atoms with E-state index in [1.165, 1.54) is 10.8 Å². The molecule has 1 fully saturated rings. The van der Waals surface area contributed by atoms with Gasteiger partial charge in [0.25, 0.3) is 0 Å². The Balaban J connectivity index is 1.74. The van der Waals surface area contributed by atoms with Gasteiger partial charge in [0.1, 0.15) is 56.0 Å². The highest BCUT2D eigenvalue weighted by Crippen LogP contribution is 2.44. The minimum Gasteiger partial charge on any atom is -0.464 e. The molecule has 0 unspecified atom stereocenters. The first-order chi connectivity index (χ1) is 19.9. The van der Waals surface area contributed by atoms with E-state index < -0.39 is 61.0 Å². The standard InChI is InChI=1S/C26H40N7O9P/c1-24(2,3)22(36)39-11-9-31-43(38,32-10-12-40-23(37)25(4,5)6)41-14-26(13-27)20(35)18(34)19(42-26)16-7-8-17-21(28)29-15-30-33(16)17/h7-8,15,18-20,34-35H,9-12,14H2,1-6H3,(H2,28,29,30)(H2,31,32,38)/t18-,19-,20-,26+/m0/s1. The van der Waals surface area contributed by atoms with E-state index in [0.29, 0.717) is 5.52 Å². The molecule has 0 amide bonds. The molecular weight excluding hydrogens is 585 g/mol. The Morgan fingerprint density at radius 2 is 1.67 bits per heavy atom. The maximum absolute atomic E-state index is 13.8. The van der Waals surface area contributed by atoms with Gasteiger partial charge in [-0.2, -0.15) is 10.4 Å². The van der Waals surface area contributed by atoms with E-state index in [2.05, 4.69) is 20.3 Å². The van der Waals surface area contributed by atoms with Crippen LogP contribution in [0.3, 0.4) is 0 Å². The minimum absolute atomic E-state index is 0.112. The molecule has 2 aromatic rings. The number of aliphatic hydroxyl groups excluding tert-OH is 2. The van der Waals surface area contributed by atoms with Crippen molar-refractivity contribution in [3.8, 4) is 6.07 Å². The molecule has 1 saturated heterocycles. The van der Waals surface area contributed by atoms with Gasteiger partial charge in [-0.05, 0) is 53.7 Å². The number of hydrogen-bond donors (Lipinski definition) is 5. The van der Waals surface area contributed by atoms with E-state index in [0.717, 1.165) is 0 Å². The van der Waals surface area contributed by atoms with Gasteiger partial charge in [0, 0.05) is 13.1 Å². The highest BCUT2D eigenvalue weighted by Gasteiger charge is 2.57. The molecule has 6 N–H and O–H groups in total. The summed E-state index contributed by atoms with van der Waals surface area (Å²) in [4.78, 5) is 28.1. The highest BCUT2D eigenvalue weighted by molar-refractivity contribution is 7.54. The molecule has 0 aliphatic carbocycles. The van der Waals surface area contributed by atoms with Gasteiger partial charge in [0.15, 0.2) is 5.82 Å². The highest BCUT2D eigenvalue weighted by atomic mass is 31.2. The van der Waals surface area contributed by atoms with Crippen molar-refractivity contribution in [3.05, 3.63) is 24.2 Å². The molecule has 0 aromatic carbocycles. The Hall–Kier alpha value is -3.16. The van der Waals surface area contributed by atoms with Gasteiger partial charge in [-0.3, -0.25) is 14.2 Å². The Morgan fingerprint density at radius 1 is 1.12 bits per heavy atom. The van der Waals surface area contributed by atoms with Gasteiger partial charge in [-0.25, -0.2) is 19.7 Å². The Kier molecular flexibility index (Phi) is 10.6. The van der Waals surface area contributed by atoms with Crippen molar-refractivity contribution in [2.45, 2.75) is 65.5 Å². The van der Waals surface area contributed by atoms with Crippen LogP contribution in [-0.4, -0.2) is 87.5 Å². The van der Waals surface area contributed by atoms with Gasteiger partial charge in [0.2, 0.25) is 5.60 Å². The number of ether oxygens (including phenoxy) is 3. The number of nitriles is 1. The van der Waals surface area contributed by atoms with Crippen LogP contribution in [0.2, 0.25) is 0 Å². The number of anilines is 1. The maximum atomic E-state index is 13.8. The van der Waals surface area contributed by atoms with Gasteiger partial charge >= 0.3 is 19.6 Å². The zero-order valence-electron chi connectivity index (χ0n) is 25.1. The molecule has 0 saturated carbocycles. The van der Waals surface area contributed by atoms with E-state index in [1.807, 2.05) is 6.07 Å². The molecule has 4 atom stereocenters. The van der Waals surface area contributed by atoms with E-state index in [9.17, 15) is 29.6 Å². The first-order valence-corrected chi connectivity index (χ1v) is 15.2. The average molecular weight is 626 g/mol. The first kappa shape index (κ1) is 34.3. The normalized spacial score (nSPS) is 22.8. The number of nitrogens with one attached hydrogen (secondary N) is 2. The molecular formula is C26H40N7O9P. The molecule has 0 bridgehead atoms. The quantitative estimate of drug-likeness (QED) is 0.125. The van der Waals surface area contributed by atoms with Crippen LogP contribution in [0.25, 0.3) is 5.52 Å². The molecule has 2 aromatic heterocycles. The topological polar surface area (TPSA) is 233 Å². The van der Waals surface area contributed by atoms with Gasteiger partial charge in [0.05, 0.1) is 16.5 Å². The zero-order chi connectivity index (χ0) is 32.2. The van der Waals surface area contributed by atoms with Crippen molar-refractivity contribution in [1.82, 2.24) is 24.8 Å². The molecule has 1 aliphatic heterocycles. The number of hydrogen-bond acceptors (Lipinski definition) is 13. The number of nitrogens with two attached hydrogens (primary N) is 1. The molecule has 0 spiro atoms. The maximum Gasteiger partial charge on any atom is 0.341 e. The number of esters is 2. The second kappa shape index (κ2) is 13.2.